The smallest absolute Gasteiger partial charge is 0.257 e. The molecule has 28 heavy (non-hydrogen) atoms. The molecule has 0 atom stereocenters. The molecule has 2 aromatic carbocycles. The van der Waals surface area contributed by atoms with Crippen LogP contribution in [0.15, 0.2) is 53.9 Å². The van der Waals surface area contributed by atoms with E-state index in [0.29, 0.717) is 21.4 Å². The Hall–Kier alpha value is -2.70. The Bertz CT molecular complexity index is 1020. The second kappa shape index (κ2) is 8.12. The maximum atomic E-state index is 12.8. The van der Waals surface area contributed by atoms with Gasteiger partial charge in [-0.05, 0) is 48.7 Å². The van der Waals surface area contributed by atoms with E-state index in [4.69, 9.17) is 11.6 Å². The Morgan fingerprint density at radius 3 is 2.75 bits per heavy atom. The van der Waals surface area contributed by atoms with Crippen LogP contribution in [0.5, 0.6) is 0 Å². The Morgan fingerprint density at radius 1 is 1.14 bits per heavy atom. The normalized spacial score (nSPS) is 13.1. The Morgan fingerprint density at radius 2 is 1.93 bits per heavy atom. The molecule has 0 saturated carbocycles. The minimum absolute atomic E-state index is 0.0213. The molecule has 0 bridgehead atoms. The zero-order valence-electron chi connectivity index (χ0n) is 15.0. The minimum Gasteiger partial charge on any atom is -0.312 e. The molecule has 2 heterocycles. The maximum absolute atomic E-state index is 12.8. The van der Waals surface area contributed by atoms with Crippen molar-refractivity contribution in [1.82, 2.24) is 4.98 Å². The molecule has 0 radical (unpaired) electrons. The molecule has 2 amide bonds. The fourth-order valence-electron chi connectivity index (χ4n) is 3.26. The average molecular weight is 412 g/mol. The first kappa shape index (κ1) is 18.7. The van der Waals surface area contributed by atoms with Crippen LogP contribution in [0, 0.1) is 0 Å². The number of nitrogens with one attached hydrogen (secondary N) is 1. The number of thiazole rings is 1. The van der Waals surface area contributed by atoms with Gasteiger partial charge in [-0.3, -0.25) is 14.9 Å². The molecule has 0 spiro atoms. The maximum Gasteiger partial charge on any atom is 0.257 e. The number of hydrogen-bond acceptors (Lipinski definition) is 4. The molecule has 0 saturated heterocycles. The minimum atomic E-state index is -0.256. The molecule has 0 aliphatic carbocycles. The number of carbonyl (C=O) groups excluding carboxylic acids is 2. The number of carbonyl (C=O) groups is 2. The van der Waals surface area contributed by atoms with Crippen molar-refractivity contribution in [2.75, 3.05) is 16.8 Å². The van der Waals surface area contributed by atoms with E-state index < -0.39 is 0 Å². The third kappa shape index (κ3) is 4.08. The van der Waals surface area contributed by atoms with Crippen LogP contribution >= 0.6 is 22.9 Å². The van der Waals surface area contributed by atoms with E-state index in [9.17, 15) is 9.59 Å². The number of anilines is 2. The number of aryl methyl sites for hydroxylation is 1. The van der Waals surface area contributed by atoms with Crippen molar-refractivity contribution in [2.45, 2.75) is 19.3 Å². The van der Waals surface area contributed by atoms with Gasteiger partial charge in [-0.15, -0.1) is 11.3 Å². The highest BCUT2D eigenvalue weighted by Gasteiger charge is 2.23. The lowest BCUT2D eigenvalue weighted by atomic mass is 10.0. The molecular formula is C21H18ClN3O2S. The molecule has 1 aliphatic heterocycles. The van der Waals surface area contributed by atoms with Crippen molar-refractivity contribution in [3.05, 3.63) is 75.8 Å². The van der Waals surface area contributed by atoms with Gasteiger partial charge in [0.2, 0.25) is 5.91 Å². The van der Waals surface area contributed by atoms with Crippen molar-refractivity contribution in [3.8, 4) is 0 Å². The van der Waals surface area contributed by atoms with E-state index in [1.54, 1.807) is 24.3 Å². The zero-order valence-corrected chi connectivity index (χ0v) is 16.6. The number of fused-ring (bicyclic) bond motifs is 1. The Kier molecular flexibility index (Phi) is 5.41. The molecule has 142 valence electrons. The number of hydrogen-bond donors (Lipinski definition) is 1. The van der Waals surface area contributed by atoms with Crippen molar-refractivity contribution in [1.29, 1.82) is 0 Å². The van der Waals surface area contributed by atoms with E-state index >= 15 is 0 Å². The summed E-state index contributed by atoms with van der Waals surface area (Å²) in [5.41, 5.74) is 3.35. The topological polar surface area (TPSA) is 62.3 Å². The first-order chi connectivity index (χ1) is 13.6. The number of benzene rings is 2. The lowest BCUT2D eigenvalue weighted by Gasteiger charge is -2.29. The third-order valence-electron chi connectivity index (χ3n) is 4.62. The molecule has 1 aliphatic rings. The van der Waals surface area contributed by atoms with Crippen LogP contribution in [0.2, 0.25) is 5.02 Å². The second-order valence-corrected chi connectivity index (χ2v) is 7.85. The highest BCUT2D eigenvalue weighted by molar-refractivity contribution is 7.14. The molecule has 0 fully saturated rings. The van der Waals surface area contributed by atoms with Gasteiger partial charge >= 0.3 is 0 Å². The fourth-order valence-corrected chi connectivity index (χ4v) is 4.09. The molecular weight excluding hydrogens is 394 g/mol. The fraction of sp³-hybridized carbons (Fsp3) is 0.190. The lowest BCUT2D eigenvalue weighted by Crippen LogP contribution is -2.36. The molecule has 0 unspecified atom stereocenters. The van der Waals surface area contributed by atoms with E-state index in [1.165, 1.54) is 16.9 Å². The number of nitrogens with zero attached hydrogens (tertiary/aromatic N) is 2. The molecule has 1 aromatic heterocycles. The summed E-state index contributed by atoms with van der Waals surface area (Å²) in [5.74, 6) is -0.234. The standard InChI is InChI=1S/C21H18ClN3O2S/c22-16-9-7-15(8-10-16)20(27)24-21-23-17(13-28-21)12-19(26)25-11-3-5-14-4-1-2-6-18(14)25/h1-2,4,6-10,13H,3,5,11-12H2,(H,23,24,27). The lowest BCUT2D eigenvalue weighted by molar-refractivity contribution is -0.118. The average Bonchev–Trinajstić information content (AvgIpc) is 3.14. The Labute approximate surface area is 172 Å². The summed E-state index contributed by atoms with van der Waals surface area (Å²) in [5, 5.41) is 5.63. The van der Waals surface area contributed by atoms with Gasteiger partial charge in [-0.1, -0.05) is 29.8 Å². The summed E-state index contributed by atoms with van der Waals surface area (Å²) >= 11 is 7.16. The third-order valence-corrected chi connectivity index (χ3v) is 5.68. The first-order valence-electron chi connectivity index (χ1n) is 9.00. The summed E-state index contributed by atoms with van der Waals surface area (Å²) < 4.78 is 0. The van der Waals surface area contributed by atoms with Gasteiger partial charge < -0.3 is 4.90 Å². The second-order valence-electron chi connectivity index (χ2n) is 6.56. The van der Waals surface area contributed by atoms with Gasteiger partial charge in [-0.25, -0.2) is 4.98 Å². The monoisotopic (exact) mass is 411 g/mol. The van der Waals surface area contributed by atoms with Crippen LogP contribution < -0.4 is 10.2 Å². The largest absolute Gasteiger partial charge is 0.312 e. The van der Waals surface area contributed by atoms with Gasteiger partial charge in [0.05, 0.1) is 12.1 Å². The Balaban J connectivity index is 1.42. The number of aromatic nitrogens is 1. The summed E-state index contributed by atoms with van der Waals surface area (Å²) in [6, 6.07) is 14.7. The van der Waals surface area contributed by atoms with Crippen molar-refractivity contribution < 1.29 is 9.59 Å². The van der Waals surface area contributed by atoms with Crippen LogP contribution in [0.4, 0.5) is 10.8 Å². The van der Waals surface area contributed by atoms with Crippen LogP contribution in [0.1, 0.15) is 28.0 Å². The van der Waals surface area contributed by atoms with Gasteiger partial charge in [0.25, 0.3) is 5.91 Å². The summed E-state index contributed by atoms with van der Waals surface area (Å²) in [7, 11) is 0. The van der Waals surface area contributed by atoms with E-state index in [0.717, 1.165) is 25.1 Å². The van der Waals surface area contributed by atoms with Gasteiger partial charge in [0.15, 0.2) is 5.13 Å². The summed E-state index contributed by atoms with van der Waals surface area (Å²) in [6.45, 7) is 0.722. The van der Waals surface area contributed by atoms with Gasteiger partial charge in [0, 0.05) is 28.2 Å². The van der Waals surface area contributed by atoms with Crippen molar-refractivity contribution >= 4 is 45.6 Å². The van der Waals surface area contributed by atoms with E-state index in [-0.39, 0.29) is 18.2 Å². The van der Waals surface area contributed by atoms with Crippen molar-refractivity contribution in [2.24, 2.45) is 0 Å². The van der Waals surface area contributed by atoms with Gasteiger partial charge in [0.1, 0.15) is 0 Å². The molecule has 3 aromatic rings. The van der Waals surface area contributed by atoms with E-state index in [2.05, 4.69) is 16.4 Å². The van der Waals surface area contributed by atoms with Crippen molar-refractivity contribution in [3.63, 3.8) is 0 Å². The van der Waals surface area contributed by atoms with Crippen LogP contribution in [-0.2, 0) is 17.6 Å². The predicted molar refractivity (Wildman–Crippen MR) is 112 cm³/mol. The molecule has 4 rings (SSSR count). The van der Waals surface area contributed by atoms with Crippen LogP contribution in [0.25, 0.3) is 0 Å². The first-order valence-corrected chi connectivity index (χ1v) is 10.3. The molecule has 7 heteroatoms. The predicted octanol–water partition coefficient (Wildman–Crippen LogP) is 4.57. The quantitative estimate of drug-likeness (QED) is 0.684. The van der Waals surface area contributed by atoms with Gasteiger partial charge in [-0.2, -0.15) is 0 Å². The highest BCUT2D eigenvalue weighted by atomic mass is 35.5. The number of halogens is 1. The highest BCUT2D eigenvalue weighted by Crippen LogP contribution is 2.27. The zero-order chi connectivity index (χ0) is 19.5. The summed E-state index contributed by atoms with van der Waals surface area (Å²) in [6.07, 6.45) is 2.17. The number of amides is 2. The molecule has 5 nitrogen and oxygen atoms in total. The number of para-hydroxylation sites is 1. The molecule has 1 N–H and O–H groups in total. The SMILES string of the molecule is O=C(Nc1nc(CC(=O)N2CCCc3ccccc32)cs1)c1ccc(Cl)cc1. The van der Waals surface area contributed by atoms with Crippen LogP contribution in [-0.4, -0.2) is 23.3 Å². The van der Waals surface area contributed by atoms with Crippen LogP contribution in [0.3, 0.4) is 0 Å². The summed E-state index contributed by atoms with van der Waals surface area (Å²) in [4.78, 5) is 31.3. The van der Waals surface area contributed by atoms with E-state index in [1.807, 2.05) is 28.5 Å². The number of rotatable bonds is 4.